The molecule has 1 aromatic carbocycles. The van der Waals surface area contributed by atoms with Gasteiger partial charge in [-0.05, 0) is 35.8 Å². The van der Waals surface area contributed by atoms with Gasteiger partial charge < -0.3 is 14.4 Å². The number of aliphatic imine (C=N–C) groups is 1. The van der Waals surface area contributed by atoms with Crippen molar-refractivity contribution in [1.29, 1.82) is 0 Å². The van der Waals surface area contributed by atoms with E-state index < -0.39 is 9.84 Å². The summed E-state index contributed by atoms with van der Waals surface area (Å²) in [6, 6.07) is 3.41. The Bertz CT molecular complexity index is 903. The number of hydrogen-bond acceptors (Lipinski definition) is 6. The largest absolute Gasteiger partial charge is 0.490 e. The van der Waals surface area contributed by atoms with Crippen molar-refractivity contribution in [1.82, 2.24) is 0 Å². The Labute approximate surface area is 177 Å². The molecule has 2 aliphatic heterocycles. The molecule has 0 aliphatic carbocycles. The average Bonchev–Trinajstić information content (AvgIpc) is 3.08. The summed E-state index contributed by atoms with van der Waals surface area (Å²) in [6.45, 7) is 6.47. The van der Waals surface area contributed by atoms with E-state index in [1.54, 1.807) is 6.92 Å². The molecular formula is C18H23BrN2O5S2. The minimum absolute atomic E-state index is 0.0405. The molecule has 2 fully saturated rings. The van der Waals surface area contributed by atoms with E-state index in [1.807, 2.05) is 30.9 Å². The lowest BCUT2D eigenvalue weighted by Crippen LogP contribution is -2.37. The summed E-state index contributed by atoms with van der Waals surface area (Å²) in [4.78, 5) is 18.1. The summed E-state index contributed by atoms with van der Waals surface area (Å²) in [7, 11) is -3.12. The standard InChI is InChI=1S/C18H23BrN2O5S2/c1-4-16(22)20-18-21(13-9-28(23,24)10-15(13)27-18)11-7-12(19)17(26-6-3)14(8-11)25-5-2/h7-8,13,15H,4-6,9-10H2,1-3H3. The van der Waals surface area contributed by atoms with Crippen LogP contribution < -0.4 is 14.4 Å². The number of carbonyl (C=O) groups is 1. The highest BCUT2D eigenvalue weighted by molar-refractivity contribution is 9.10. The van der Waals surface area contributed by atoms with Gasteiger partial charge >= 0.3 is 0 Å². The van der Waals surface area contributed by atoms with Gasteiger partial charge in [0, 0.05) is 23.4 Å². The number of rotatable bonds is 6. The first-order valence-corrected chi connectivity index (χ1v) is 12.7. The van der Waals surface area contributed by atoms with Crippen LogP contribution in [0.25, 0.3) is 0 Å². The van der Waals surface area contributed by atoms with Crippen LogP contribution in [0.5, 0.6) is 11.5 Å². The molecule has 3 rings (SSSR count). The molecule has 2 aliphatic rings. The quantitative estimate of drug-likeness (QED) is 0.604. The number of fused-ring (bicyclic) bond motifs is 1. The molecular weight excluding hydrogens is 468 g/mol. The SMILES string of the molecule is CCOc1cc(N2C(=NC(=O)CC)SC3CS(=O)(=O)CC32)cc(Br)c1OCC. The molecule has 2 unspecified atom stereocenters. The molecule has 2 atom stereocenters. The minimum atomic E-state index is -3.12. The zero-order chi connectivity index (χ0) is 20.5. The second-order valence-electron chi connectivity index (χ2n) is 6.43. The fourth-order valence-corrected chi connectivity index (χ4v) is 7.77. The van der Waals surface area contributed by atoms with Crippen molar-refractivity contribution in [3.8, 4) is 11.5 Å². The van der Waals surface area contributed by atoms with E-state index in [0.29, 0.717) is 40.8 Å². The first-order valence-electron chi connectivity index (χ1n) is 9.16. The number of hydrogen-bond donors (Lipinski definition) is 0. The van der Waals surface area contributed by atoms with Crippen molar-refractivity contribution in [3.63, 3.8) is 0 Å². The number of thioether (sulfide) groups is 1. The Hall–Kier alpha value is -1.26. The van der Waals surface area contributed by atoms with Gasteiger partial charge in [0.05, 0.1) is 35.2 Å². The Kier molecular flexibility index (Phi) is 6.61. The maximum Gasteiger partial charge on any atom is 0.247 e. The summed E-state index contributed by atoms with van der Waals surface area (Å²) in [5, 5.41) is 0.393. The lowest BCUT2D eigenvalue weighted by Gasteiger charge is -2.26. The molecule has 0 radical (unpaired) electrons. The van der Waals surface area contributed by atoms with E-state index in [4.69, 9.17) is 9.47 Å². The number of sulfone groups is 1. The lowest BCUT2D eigenvalue weighted by atomic mass is 10.2. The molecule has 1 aromatic rings. The third kappa shape index (κ3) is 4.33. The van der Waals surface area contributed by atoms with Gasteiger partial charge in [-0.2, -0.15) is 4.99 Å². The Morgan fingerprint density at radius 3 is 2.61 bits per heavy atom. The lowest BCUT2D eigenvalue weighted by molar-refractivity contribution is -0.117. The predicted molar refractivity (Wildman–Crippen MR) is 116 cm³/mol. The van der Waals surface area contributed by atoms with E-state index in [0.717, 1.165) is 5.69 Å². The zero-order valence-electron chi connectivity index (χ0n) is 16.0. The number of nitrogens with zero attached hydrogens (tertiary/aromatic N) is 2. The number of anilines is 1. The molecule has 0 saturated carbocycles. The van der Waals surface area contributed by atoms with Crippen LogP contribution in [0.2, 0.25) is 0 Å². The van der Waals surface area contributed by atoms with E-state index in [2.05, 4.69) is 20.9 Å². The van der Waals surface area contributed by atoms with E-state index in [1.165, 1.54) is 11.8 Å². The normalized spacial score (nSPS) is 24.4. The molecule has 1 amide bonds. The number of carbonyl (C=O) groups excluding carboxylic acids is 1. The van der Waals surface area contributed by atoms with Crippen molar-refractivity contribution >= 4 is 54.3 Å². The minimum Gasteiger partial charge on any atom is -0.490 e. The molecule has 0 aromatic heterocycles. The van der Waals surface area contributed by atoms with Gasteiger partial charge in [0.15, 0.2) is 26.5 Å². The van der Waals surface area contributed by atoms with E-state index >= 15 is 0 Å². The van der Waals surface area contributed by atoms with Crippen LogP contribution >= 0.6 is 27.7 Å². The molecule has 0 bridgehead atoms. The van der Waals surface area contributed by atoms with Crippen LogP contribution in [0.3, 0.4) is 0 Å². The summed E-state index contributed by atoms with van der Waals surface area (Å²) in [6.07, 6.45) is 0.294. The fraction of sp³-hybridized carbons (Fsp3) is 0.556. The van der Waals surface area contributed by atoms with Crippen molar-refractivity contribution < 1.29 is 22.7 Å². The van der Waals surface area contributed by atoms with Gasteiger partial charge in [-0.3, -0.25) is 4.79 Å². The highest BCUT2D eigenvalue weighted by Crippen LogP contribution is 2.45. The molecule has 2 saturated heterocycles. The van der Waals surface area contributed by atoms with Gasteiger partial charge in [0.1, 0.15) is 0 Å². The van der Waals surface area contributed by atoms with Gasteiger partial charge in [-0.25, -0.2) is 8.42 Å². The van der Waals surface area contributed by atoms with E-state index in [9.17, 15) is 13.2 Å². The van der Waals surface area contributed by atoms with Crippen molar-refractivity contribution in [2.75, 3.05) is 29.6 Å². The molecule has 0 N–H and O–H groups in total. The van der Waals surface area contributed by atoms with E-state index in [-0.39, 0.29) is 28.7 Å². The first-order chi connectivity index (χ1) is 13.3. The van der Waals surface area contributed by atoms with Gasteiger partial charge in [0.2, 0.25) is 5.91 Å². The maximum atomic E-state index is 12.2. The van der Waals surface area contributed by atoms with Crippen LogP contribution in [-0.4, -0.2) is 55.5 Å². The Morgan fingerprint density at radius 2 is 1.96 bits per heavy atom. The summed E-state index contributed by atoms with van der Waals surface area (Å²) in [5.41, 5.74) is 0.721. The molecule has 7 nitrogen and oxygen atoms in total. The predicted octanol–water partition coefficient (Wildman–Crippen LogP) is 3.26. The highest BCUT2D eigenvalue weighted by atomic mass is 79.9. The van der Waals surface area contributed by atoms with Gasteiger partial charge in [-0.15, -0.1) is 0 Å². The highest BCUT2D eigenvalue weighted by Gasteiger charge is 2.49. The van der Waals surface area contributed by atoms with Crippen molar-refractivity contribution in [3.05, 3.63) is 16.6 Å². The smallest absolute Gasteiger partial charge is 0.247 e. The summed E-state index contributed by atoms with van der Waals surface area (Å²) < 4.78 is 36.5. The number of halogens is 1. The fourth-order valence-electron chi connectivity index (χ4n) is 3.29. The third-order valence-electron chi connectivity index (χ3n) is 4.45. The Morgan fingerprint density at radius 1 is 1.25 bits per heavy atom. The average molecular weight is 491 g/mol. The first kappa shape index (κ1) is 21.4. The van der Waals surface area contributed by atoms with Crippen LogP contribution in [-0.2, 0) is 14.6 Å². The topological polar surface area (TPSA) is 85.3 Å². The number of amidine groups is 1. The number of benzene rings is 1. The van der Waals surface area contributed by atoms with Gasteiger partial charge in [-0.1, -0.05) is 18.7 Å². The number of amides is 1. The van der Waals surface area contributed by atoms with Crippen LogP contribution in [0.4, 0.5) is 5.69 Å². The van der Waals surface area contributed by atoms with Crippen LogP contribution in [0.1, 0.15) is 27.2 Å². The second kappa shape index (κ2) is 8.62. The second-order valence-corrected chi connectivity index (χ2v) is 10.6. The molecule has 154 valence electrons. The third-order valence-corrected chi connectivity index (χ3v) is 8.25. The Balaban J connectivity index is 2.08. The van der Waals surface area contributed by atoms with Gasteiger partial charge in [0.25, 0.3) is 0 Å². The molecule has 2 heterocycles. The number of ether oxygens (including phenoxy) is 2. The van der Waals surface area contributed by atoms with Crippen LogP contribution in [0, 0.1) is 0 Å². The summed E-state index contributed by atoms with van der Waals surface area (Å²) in [5.74, 6) is 1.06. The maximum absolute atomic E-state index is 12.2. The van der Waals surface area contributed by atoms with Crippen molar-refractivity contribution in [2.24, 2.45) is 4.99 Å². The van der Waals surface area contributed by atoms with Crippen LogP contribution in [0.15, 0.2) is 21.6 Å². The molecule has 28 heavy (non-hydrogen) atoms. The zero-order valence-corrected chi connectivity index (χ0v) is 19.2. The molecule has 10 heteroatoms. The van der Waals surface area contributed by atoms with Crippen molar-refractivity contribution in [2.45, 2.75) is 38.5 Å². The summed E-state index contributed by atoms with van der Waals surface area (Å²) >= 11 is 4.89. The monoisotopic (exact) mass is 490 g/mol. The molecule has 0 spiro atoms.